The molecular formula is C11H16FN3. The first-order chi connectivity index (χ1) is 7.29. The number of alkyl halides is 1. The maximum Gasteiger partial charge on any atom is 0.144 e. The van der Waals surface area contributed by atoms with Crippen LogP contribution in [0, 0.1) is 0 Å². The summed E-state index contributed by atoms with van der Waals surface area (Å²) in [6.07, 6.45) is 5.15. The average Bonchev–Trinajstić information content (AvgIpc) is 2.30. The molecular weight excluding hydrogens is 193 g/mol. The van der Waals surface area contributed by atoms with Gasteiger partial charge in [0.1, 0.15) is 6.17 Å². The molecule has 1 aromatic rings. The third-order valence-corrected chi connectivity index (χ3v) is 2.89. The van der Waals surface area contributed by atoms with Crippen LogP contribution >= 0.6 is 0 Å². The molecule has 1 aliphatic heterocycles. The van der Waals surface area contributed by atoms with Gasteiger partial charge in [-0.1, -0.05) is 6.42 Å². The number of nitrogens with one attached hydrogen (secondary N) is 1. The van der Waals surface area contributed by atoms with Crippen LogP contribution in [0.1, 0.15) is 31.0 Å². The van der Waals surface area contributed by atoms with Crippen LogP contribution < -0.4 is 11.1 Å². The number of hydrogen-bond acceptors (Lipinski definition) is 3. The van der Waals surface area contributed by atoms with E-state index in [1.807, 2.05) is 0 Å². The molecule has 0 spiro atoms. The molecule has 2 unspecified atom stereocenters. The molecule has 3 nitrogen and oxygen atoms in total. The Labute approximate surface area is 88.9 Å². The number of anilines is 1. The van der Waals surface area contributed by atoms with Crippen LogP contribution in [-0.4, -0.2) is 17.6 Å². The number of piperidine rings is 1. The minimum Gasteiger partial charge on any atom is -0.398 e. The minimum absolute atomic E-state index is 0.106. The Hall–Kier alpha value is -1.16. The summed E-state index contributed by atoms with van der Waals surface area (Å²) in [5, 5.41) is 3.19. The van der Waals surface area contributed by atoms with E-state index in [4.69, 9.17) is 5.73 Å². The van der Waals surface area contributed by atoms with E-state index in [1.165, 1.54) is 6.20 Å². The molecule has 0 amide bonds. The van der Waals surface area contributed by atoms with E-state index in [1.54, 1.807) is 12.3 Å². The second kappa shape index (κ2) is 4.57. The van der Waals surface area contributed by atoms with Crippen LogP contribution in [0.25, 0.3) is 0 Å². The van der Waals surface area contributed by atoms with Gasteiger partial charge in [0.25, 0.3) is 0 Å². The lowest BCUT2D eigenvalue weighted by Gasteiger charge is -2.27. The van der Waals surface area contributed by atoms with Crippen molar-refractivity contribution in [3.05, 3.63) is 24.0 Å². The van der Waals surface area contributed by atoms with Crippen molar-refractivity contribution in [1.29, 1.82) is 0 Å². The lowest BCUT2D eigenvalue weighted by atomic mass is 9.96. The van der Waals surface area contributed by atoms with Gasteiger partial charge in [-0.15, -0.1) is 0 Å². The maximum atomic E-state index is 14.1. The summed E-state index contributed by atoms with van der Waals surface area (Å²) < 4.78 is 14.1. The summed E-state index contributed by atoms with van der Waals surface area (Å²) in [5.41, 5.74) is 6.72. The predicted octanol–water partition coefficient (Wildman–Crippen LogP) is 1.82. The zero-order chi connectivity index (χ0) is 10.7. The molecule has 1 saturated heterocycles. The molecule has 0 radical (unpaired) electrons. The van der Waals surface area contributed by atoms with Gasteiger partial charge in [-0.3, -0.25) is 4.98 Å². The number of nitrogens with zero attached hydrogens (tertiary/aromatic N) is 1. The molecule has 3 N–H and O–H groups in total. The third-order valence-electron chi connectivity index (χ3n) is 2.89. The van der Waals surface area contributed by atoms with Crippen molar-refractivity contribution >= 4 is 5.69 Å². The van der Waals surface area contributed by atoms with Crippen LogP contribution in [0.2, 0.25) is 0 Å². The van der Waals surface area contributed by atoms with Gasteiger partial charge in [0.2, 0.25) is 0 Å². The fourth-order valence-electron chi connectivity index (χ4n) is 1.99. The zero-order valence-electron chi connectivity index (χ0n) is 8.62. The average molecular weight is 209 g/mol. The molecule has 15 heavy (non-hydrogen) atoms. The van der Waals surface area contributed by atoms with Gasteiger partial charge in [-0.25, -0.2) is 4.39 Å². The Morgan fingerprint density at radius 3 is 3.07 bits per heavy atom. The molecule has 1 fully saturated rings. The number of nitrogens with two attached hydrogens (primary N) is 1. The summed E-state index contributed by atoms with van der Waals surface area (Å²) in [5.74, 6) is 0. The largest absolute Gasteiger partial charge is 0.398 e. The van der Waals surface area contributed by atoms with Crippen LogP contribution in [0.4, 0.5) is 10.1 Å². The summed E-state index contributed by atoms with van der Waals surface area (Å²) >= 11 is 0. The summed E-state index contributed by atoms with van der Waals surface area (Å²) in [6, 6.07) is 1.54. The van der Waals surface area contributed by atoms with Gasteiger partial charge >= 0.3 is 0 Å². The fourth-order valence-corrected chi connectivity index (χ4v) is 1.99. The lowest BCUT2D eigenvalue weighted by molar-refractivity contribution is 0.221. The van der Waals surface area contributed by atoms with Gasteiger partial charge in [0.05, 0.1) is 0 Å². The highest BCUT2D eigenvalue weighted by molar-refractivity contribution is 5.46. The zero-order valence-corrected chi connectivity index (χ0v) is 8.62. The van der Waals surface area contributed by atoms with Crippen LogP contribution in [0.3, 0.4) is 0 Å². The number of aromatic nitrogens is 1. The number of nitrogen functional groups attached to an aromatic ring is 1. The minimum atomic E-state index is -1.04. The van der Waals surface area contributed by atoms with E-state index >= 15 is 0 Å². The topological polar surface area (TPSA) is 50.9 Å². The van der Waals surface area contributed by atoms with Crippen molar-refractivity contribution in [1.82, 2.24) is 10.3 Å². The number of halogens is 1. The first-order valence-electron chi connectivity index (χ1n) is 5.36. The third kappa shape index (κ3) is 2.26. The highest BCUT2D eigenvalue weighted by atomic mass is 19.1. The normalized spacial score (nSPS) is 23.7. The van der Waals surface area contributed by atoms with Crippen LogP contribution in [0.15, 0.2) is 18.5 Å². The fraction of sp³-hybridized carbons (Fsp3) is 0.545. The number of pyridine rings is 1. The monoisotopic (exact) mass is 209 g/mol. The van der Waals surface area contributed by atoms with E-state index in [0.717, 1.165) is 25.8 Å². The van der Waals surface area contributed by atoms with E-state index in [9.17, 15) is 4.39 Å². The second-order valence-corrected chi connectivity index (χ2v) is 3.96. The Balaban J connectivity index is 2.12. The highest BCUT2D eigenvalue weighted by Crippen LogP contribution is 2.29. The van der Waals surface area contributed by atoms with E-state index in [0.29, 0.717) is 11.3 Å². The molecule has 0 aromatic carbocycles. The summed E-state index contributed by atoms with van der Waals surface area (Å²) in [4.78, 5) is 3.91. The summed E-state index contributed by atoms with van der Waals surface area (Å²) in [6.45, 7) is 0.894. The Kier molecular flexibility index (Phi) is 3.16. The predicted molar refractivity (Wildman–Crippen MR) is 58.1 cm³/mol. The molecule has 2 atom stereocenters. The summed E-state index contributed by atoms with van der Waals surface area (Å²) in [7, 11) is 0. The Bertz CT molecular complexity index is 323. The van der Waals surface area contributed by atoms with E-state index < -0.39 is 6.17 Å². The molecule has 0 aliphatic carbocycles. The second-order valence-electron chi connectivity index (χ2n) is 3.96. The van der Waals surface area contributed by atoms with Crippen LogP contribution in [-0.2, 0) is 0 Å². The number of hydrogen-bond donors (Lipinski definition) is 2. The molecule has 4 heteroatoms. The maximum absolute atomic E-state index is 14.1. The lowest BCUT2D eigenvalue weighted by Crippen LogP contribution is -2.37. The molecule has 82 valence electrons. The molecule has 2 heterocycles. The van der Waals surface area contributed by atoms with Crippen molar-refractivity contribution < 1.29 is 4.39 Å². The van der Waals surface area contributed by atoms with Gasteiger partial charge < -0.3 is 11.1 Å². The Morgan fingerprint density at radius 2 is 2.40 bits per heavy atom. The first kappa shape index (κ1) is 10.4. The molecule has 1 aromatic heterocycles. The molecule has 1 aliphatic rings. The number of rotatable bonds is 2. The van der Waals surface area contributed by atoms with Crippen molar-refractivity contribution in [3.63, 3.8) is 0 Å². The quantitative estimate of drug-likeness (QED) is 0.781. The van der Waals surface area contributed by atoms with Gasteiger partial charge in [0, 0.05) is 29.7 Å². The van der Waals surface area contributed by atoms with Crippen molar-refractivity contribution in [2.24, 2.45) is 0 Å². The van der Waals surface area contributed by atoms with Crippen molar-refractivity contribution in [2.75, 3.05) is 12.3 Å². The van der Waals surface area contributed by atoms with Crippen LogP contribution in [0.5, 0.6) is 0 Å². The van der Waals surface area contributed by atoms with Gasteiger partial charge in [-0.05, 0) is 25.5 Å². The smallest absolute Gasteiger partial charge is 0.144 e. The molecule has 2 rings (SSSR count). The molecule has 0 bridgehead atoms. The Morgan fingerprint density at radius 1 is 1.53 bits per heavy atom. The standard InChI is InChI=1S/C11H16FN3/c12-11(10-3-1-2-5-15-10)8-7-14-6-4-9(8)13/h4,6-7,10-11,15H,1-3,5H2,(H2,13,14). The van der Waals surface area contributed by atoms with Crippen molar-refractivity contribution in [3.8, 4) is 0 Å². The SMILES string of the molecule is Nc1ccncc1C(F)C1CCCCN1. The van der Waals surface area contributed by atoms with Gasteiger partial charge in [-0.2, -0.15) is 0 Å². The van der Waals surface area contributed by atoms with E-state index in [2.05, 4.69) is 10.3 Å². The van der Waals surface area contributed by atoms with Gasteiger partial charge in [0.15, 0.2) is 0 Å². The molecule has 0 saturated carbocycles. The van der Waals surface area contributed by atoms with E-state index in [-0.39, 0.29) is 6.04 Å². The highest BCUT2D eigenvalue weighted by Gasteiger charge is 2.25. The first-order valence-corrected chi connectivity index (χ1v) is 5.36. The van der Waals surface area contributed by atoms with Crippen molar-refractivity contribution in [2.45, 2.75) is 31.5 Å².